The number of nitro groups is 1. The Morgan fingerprint density at radius 1 is 1.27 bits per heavy atom. The first kappa shape index (κ1) is 17.1. The summed E-state index contributed by atoms with van der Waals surface area (Å²) in [5, 5.41) is 11.2. The molecular formula is C18H24N4O4. The highest BCUT2D eigenvalue weighted by Gasteiger charge is 2.47. The Morgan fingerprint density at radius 3 is 2.54 bits per heavy atom. The van der Waals surface area contributed by atoms with Gasteiger partial charge in [0.05, 0.1) is 17.0 Å². The third-order valence-electron chi connectivity index (χ3n) is 5.21. The molecule has 26 heavy (non-hydrogen) atoms. The van der Waals surface area contributed by atoms with Crippen LogP contribution in [0.1, 0.15) is 51.6 Å². The molecule has 2 bridgehead atoms. The van der Waals surface area contributed by atoms with Crippen molar-refractivity contribution in [3.05, 3.63) is 27.9 Å². The molecule has 4 rings (SSSR count). The van der Waals surface area contributed by atoms with E-state index in [-0.39, 0.29) is 34.7 Å². The van der Waals surface area contributed by atoms with Crippen LogP contribution < -0.4 is 4.90 Å². The second-order valence-corrected chi connectivity index (χ2v) is 8.43. The lowest BCUT2D eigenvalue weighted by atomic mass is 10.2. The van der Waals surface area contributed by atoms with Gasteiger partial charge in [0.25, 0.3) is 5.69 Å². The number of carbonyl (C=O) groups excluding carboxylic acids is 1. The molecule has 0 radical (unpaired) electrons. The maximum atomic E-state index is 12.4. The molecule has 1 aliphatic carbocycles. The number of hydrogen-bond acceptors (Lipinski definition) is 6. The van der Waals surface area contributed by atoms with Gasteiger partial charge in [-0.1, -0.05) is 0 Å². The van der Waals surface area contributed by atoms with Crippen LogP contribution in [0.25, 0.3) is 0 Å². The Labute approximate surface area is 152 Å². The zero-order valence-corrected chi connectivity index (χ0v) is 15.3. The van der Waals surface area contributed by atoms with Crippen LogP contribution >= 0.6 is 0 Å². The summed E-state index contributed by atoms with van der Waals surface area (Å²) in [6.45, 7) is 6.90. The minimum atomic E-state index is -0.502. The number of rotatable bonds is 3. The molecule has 3 fully saturated rings. The van der Waals surface area contributed by atoms with Gasteiger partial charge in [0.15, 0.2) is 0 Å². The topological polar surface area (TPSA) is 88.8 Å². The van der Waals surface area contributed by atoms with Crippen molar-refractivity contribution in [1.82, 2.24) is 9.88 Å². The van der Waals surface area contributed by atoms with Gasteiger partial charge in [-0.05, 0) is 46.1 Å². The summed E-state index contributed by atoms with van der Waals surface area (Å²) >= 11 is 0. The molecule has 1 saturated carbocycles. The number of likely N-dealkylation sites (tertiary alicyclic amines) is 1. The number of aromatic nitrogens is 1. The van der Waals surface area contributed by atoms with Crippen molar-refractivity contribution in [3.63, 3.8) is 0 Å². The van der Waals surface area contributed by atoms with E-state index in [0.29, 0.717) is 18.8 Å². The quantitative estimate of drug-likeness (QED) is 0.608. The summed E-state index contributed by atoms with van der Waals surface area (Å²) < 4.78 is 5.49. The highest BCUT2D eigenvalue weighted by Crippen LogP contribution is 2.44. The molecule has 8 nitrogen and oxygen atoms in total. The monoisotopic (exact) mass is 360 g/mol. The normalized spacial score (nSPS) is 24.9. The fourth-order valence-electron chi connectivity index (χ4n) is 3.92. The Balaban J connectivity index is 1.50. The van der Waals surface area contributed by atoms with Crippen LogP contribution in [-0.2, 0) is 4.74 Å². The van der Waals surface area contributed by atoms with E-state index in [1.54, 1.807) is 17.0 Å². The lowest BCUT2D eigenvalue weighted by Gasteiger charge is -2.35. The number of ether oxygens (including phenoxy) is 1. The molecule has 0 N–H and O–H groups in total. The second-order valence-electron chi connectivity index (χ2n) is 8.43. The zero-order valence-electron chi connectivity index (χ0n) is 15.3. The van der Waals surface area contributed by atoms with Gasteiger partial charge in [-0.15, -0.1) is 0 Å². The molecule has 2 aliphatic heterocycles. The maximum absolute atomic E-state index is 12.4. The van der Waals surface area contributed by atoms with Gasteiger partial charge in [-0.2, -0.15) is 0 Å². The van der Waals surface area contributed by atoms with E-state index < -0.39 is 5.60 Å². The van der Waals surface area contributed by atoms with Gasteiger partial charge in [-0.3, -0.25) is 10.1 Å². The number of anilines is 1. The van der Waals surface area contributed by atoms with E-state index in [4.69, 9.17) is 4.74 Å². The zero-order chi connectivity index (χ0) is 18.6. The van der Waals surface area contributed by atoms with E-state index in [0.717, 1.165) is 25.1 Å². The summed E-state index contributed by atoms with van der Waals surface area (Å²) in [4.78, 5) is 31.9. The van der Waals surface area contributed by atoms with Crippen LogP contribution in [0, 0.1) is 10.1 Å². The van der Waals surface area contributed by atoms with Gasteiger partial charge in [0, 0.05) is 25.1 Å². The fourth-order valence-corrected chi connectivity index (χ4v) is 3.92. The minimum Gasteiger partial charge on any atom is -0.444 e. The van der Waals surface area contributed by atoms with Crippen molar-refractivity contribution in [2.45, 2.75) is 63.6 Å². The summed E-state index contributed by atoms with van der Waals surface area (Å²) in [6.07, 6.45) is 2.56. The van der Waals surface area contributed by atoms with Crippen molar-refractivity contribution in [2.75, 3.05) is 18.0 Å². The number of carbonyl (C=O) groups is 1. The predicted octanol–water partition coefficient (Wildman–Crippen LogP) is 3.07. The van der Waals surface area contributed by atoms with Gasteiger partial charge in [0.1, 0.15) is 17.1 Å². The molecule has 2 atom stereocenters. The summed E-state index contributed by atoms with van der Waals surface area (Å²) in [6, 6.07) is 3.61. The standard InChI is InChI=1S/C18H24N4O4/c1-18(2,3)26-17(23)21-10-12-8-13(21)9-20(12)15-7-6-14(22(24)25)16(19-15)11-4-5-11/h6-7,11-13H,4-5,8-10H2,1-3H3/t12-,13-/m1/s1. The molecule has 1 amide bonds. The van der Waals surface area contributed by atoms with E-state index in [1.165, 1.54) is 0 Å². The first-order valence-corrected chi connectivity index (χ1v) is 9.14. The Bertz CT molecular complexity index is 756. The molecule has 3 heterocycles. The molecule has 0 unspecified atom stereocenters. The van der Waals surface area contributed by atoms with Gasteiger partial charge < -0.3 is 14.5 Å². The molecule has 2 saturated heterocycles. The smallest absolute Gasteiger partial charge is 0.410 e. The van der Waals surface area contributed by atoms with Crippen LogP contribution in [0.5, 0.6) is 0 Å². The first-order valence-electron chi connectivity index (χ1n) is 9.14. The number of piperazine rings is 1. The fraction of sp³-hybridized carbons (Fsp3) is 0.667. The molecule has 8 heteroatoms. The summed E-state index contributed by atoms with van der Waals surface area (Å²) in [5.74, 6) is 1.00. The number of hydrogen-bond donors (Lipinski definition) is 0. The van der Waals surface area contributed by atoms with Gasteiger partial charge in [-0.25, -0.2) is 9.78 Å². The lowest BCUT2D eigenvalue weighted by molar-refractivity contribution is -0.385. The van der Waals surface area contributed by atoms with Crippen molar-refractivity contribution >= 4 is 17.6 Å². The van der Waals surface area contributed by atoms with Crippen LogP contribution in [0.2, 0.25) is 0 Å². The number of amides is 1. The van der Waals surface area contributed by atoms with E-state index in [2.05, 4.69) is 9.88 Å². The molecule has 1 aromatic rings. The maximum Gasteiger partial charge on any atom is 0.410 e. The average molecular weight is 360 g/mol. The Hall–Kier alpha value is -2.38. The van der Waals surface area contributed by atoms with Crippen LogP contribution in [0.3, 0.4) is 0 Å². The number of fused-ring (bicyclic) bond motifs is 2. The number of nitrogens with zero attached hydrogens (tertiary/aromatic N) is 4. The van der Waals surface area contributed by atoms with E-state index >= 15 is 0 Å². The third-order valence-corrected chi connectivity index (χ3v) is 5.21. The third kappa shape index (κ3) is 3.08. The van der Waals surface area contributed by atoms with E-state index in [1.807, 2.05) is 20.8 Å². The van der Waals surface area contributed by atoms with Crippen molar-refractivity contribution in [3.8, 4) is 0 Å². The highest BCUT2D eigenvalue weighted by molar-refractivity contribution is 5.70. The lowest BCUT2D eigenvalue weighted by Crippen LogP contribution is -2.50. The first-order chi connectivity index (χ1) is 12.2. The van der Waals surface area contributed by atoms with E-state index in [9.17, 15) is 14.9 Å². The Kier molecular flexibility index (Phi) is 3.82. The minimum absolute atomic E-state index is 0.108. The molecule has 140 valence electrons. The Morgan fingerprint density at radius 2 is 2.00 bits per heavy atom. The van der Waals surface area contributed by atoms with Crippen LogP contribution in [0.15, 0.2) is 12.1 Å². The van der Waals surface area contributed by atoms with Crippen molar-refractivity contribution in [2.24, 2.45) is 0 Å². The van der Waals surface area contributed by atoms with Crippen molar-refractivity contribution < 1.29 is 14.5 Å². The highest BCUT2D eigenvalue weighted by atomic mass is 16.6. The molecule has 0 spiro atoms. The molecular weight excluding hydrogens is 336 g/mol. The average Bonchev–Trinajstić information content (AvgIpc) is 3.20. The second kappa shape index (κ2) is 5.82. The van der Waals surface area contributed by atoms with Gasteiger partial charge in [0.2, 0.25) is 0 Å². The van der Waals surface area contributed by atoms with Crippen molar-refractivity contribution in [1.29, 1.82) is 0 Å². The number of pyridine rings is 1. The molecule has 3 aliphatic rings. The van der Waals surface area contributed by atoms with Crippen LogP contribution in [-0.4, -0.2) is 51.7 Å². The largest absolute Gasteiger partial charge is 0.444 e. The summed E-state index contributed by atoms with van der Waals surface area (Å²) in [5.41, 5.74) is 0.229. The predicted molar refractivity (Wildman–Crippen MR) is 95.3 cm³/mol. The van der Waals surface area contributed by atoms with Crippen LogP contribution in [0.4, 0.5) is 16.3 Å². The SMILES string of the molecule is CC(C)(C)OC(=O)N1C[C@H]2C[C@@H]1CN2c1ccc([N+](=O)[O-])c(C2CC2)n1. The molecule has 0 aromatic carbocycles. The van der Waals surface area contributed by atoms with Gasteiger partial charge >= 0.3 is 6.09 Å². The molecule has 1 aromatic heterocycles. The summed E-state index contributed by atoms with van der Waals surface area (Å²) in [7, 11) is 0.